The summed E-state index contributed by atoms with van der Waals surface area (Å²) >= 11 is 0. The number of ether oxygens (including phenoxy) is 1. The molecule has 15 heavy (non-hydrogen) atoms. The topological polar surface area (TPSA) is 114 Å². The number of hydrazine groups is 1. The molecular weight excluding hydrogens is 202 g/mol. The molecule has 5 N–H and O–H groups in total. The first kappa shape index (κ1) is 13.7. The van der Waals surface area contributed by atoms with Crippen molar-refractivity contribution in [2.45, 2.75) is 32.4 Å². The average molecular weight is 219 g/mol. The number of carbonyl (C=O) groups excluding carboxylic acids is 2. The molecule has 0 heterocycles. The molecule has 7 nitrogen and oxygen atoms in total. The van der Waals surface area contributed by atoms with Crippen molar-refractivity contribution >= 4 is 12.0 Å². The Hall–Kier alpha value is -1.34. The lowest BCUT2D eigenvalue weighted by Gasteiger charge is -2.21. The monoisotopic (exact) mass is 219 g/mol. The molecule has 0 rings (SSSR count). The highest BCUT2D eigenvalue weighted by Gasteiger charge is 2.22. The van der Waals surface area contributed by atoms with Gasteiger partial charge in [-0.1, -0.05) is 0 Å². The second-order valence-corrected chi connectivity index (χ2v) is 3.89. The van der Waals surface area contributed by atoms with Gasteiger partial charge in [-0.25, -0.2) is 10.6 Å². The molecule has 0 aliphatic heterocycles. The van der Waals surface area contributed by atoms with E-state index in [9.17, 15) is 9.59 Å². The fourth-order valence-electron chi connectivity index (χ4n) is 0.745. The maximum atomic E-state index is 11.2. The van der Waals surface area contributed by atoms with Crippen LogP contribution in [0.5, 0.6) is 0 Å². The van der Waals surface area contributed by atoms with Gasteiger partial charge in [-0.05, 0) is 20.8 Å². The van der Waals surface area contributed by atoms with E-state index in [2.05, 4.69) is 5.32 Å². The average Bonchev–Trinajstić information content (AvgIpc) is 2.10. The van der Waals surface area contributed by atoms with Crippen LogP contribution < -0.4 is 16.6 Å². The van der Waals surface area contributed by atoms with Gasteiger partial charge in [0.05, 0.1) is 6.61 Å². The Morgan fingerprint density at radius 2 is 2.00 bits per heavy atom. The minimum atomic E-state index is -1.11. The standard InChI is InChI=1S/C8H17N3O4/c1-8(2,3)15-7(14)10-5(4-12)6(13)11-9/h5,12H,4,9H2,1-3H3,(H,10,14)(H,11,13)/t5-/m0/s1. The van der Waals surface area contributed by atoms with E-state index < -0.39 is 30.3 Å². The van der Waals surface area contributed by atoms with Crippen LogP contribution in [0.15, 0.2) is 0 Å². The molecular formula is C8H17N3O4. The molecule has 2 amide bonds. The largest absolute Gasteiger partial charge is 0.444 e. The number of nitrogens with two attached hydrogens (primary N) is 1. The summed E-state index contributed by atoms with van der Waals surface area (Å²) in [6.07, 6.45) is -0.787. The van der Waals surface area contributed by atoms with Gasteiger partial charge in [-0.3, -0.25) is 10.2 Å². The summed E-state index contributed by atoms with van der Waals surface area (Å²) in [4.78, 5) is 22.2. The number of hydrogen-bond donors (Lipinski definition) is 4. The molecule has 0 spiro atoms. The zero-order chi connectivity index (χ0) is 12.1. The van der Waals surface area contributed by atoms with E-state index in [1.54, 1.807) is 20.8 Å². The first-order chi connectivity index (χ1) is 6.80. The maximum Gasteiger partial charge on any atom is 0.408 e. The Bertz CT molecular complexity index is 237. The molecule has 0 aromatic carbocycles. The molecule has 0 unspecified atom stereocenters. The third kappa shape index (κ3) is 5.87. The second-order valence-electron chi connectivity index (χ2n) is 3.89. The van der Waals surface area contributed by atoms with E-state index in [1.165, 1.54) is 0 Å². The van der Waals surface area contributed by atoms with Crippen LogP contribution in [0.2, 0.25) is 0 Å². The molecule has 0 saturated heterocycles. The summed E-state index contributed by atoms with van der Waals surface area (Å²) in [6, 6.07) is -1.11. The van der Waals surface area contributed by atoms with Crippen LogP contribution in [-0.4, -0.2) is 35.4 Å². The Balaban J connectivity index is 4.20. The van der Waals surface area contributed by atoms with Gasteiger partial charge in [-0.15, -0.1) is 0 Å². The van der Waals surface area contributed by atoms with E-state index in [4.69, 9.17) is 15.7 Å². The van der Waals surface area contributed by atoms with E-state index in [0.717, 1.165) is 0 Å². The minimum Gasteiger partial charge on any atom is -0.444 e. The van der Waals surface area contributed by atoms with Gasteiger partial charge < -0.3 is 15.2 Å². The van der Waals surface area contributed by atoms with Crippen molar-refractivity contribution in [3.8, 4) is 0 Å². The van der Waals surface area contributed by atoms with E-state index in [0.29, 0.717) is 0 Å². The van der Waals surface area contributed by atoms with Crippen LogP contribution in [0.4, 0.5) is 4.79 Å². The molecule has 0 aromatic heterocycles. The SMILES string of the molecule is CC(C)(C)OC(=O)N[C@@H](CO)C(=O)NN. The third-order valence-corrected chi connectivity index (χ3v) is 1.33. The highest BCUT2D eigenvalue weighted by Crippen LogP contribution is 2.06. The van der Waals surface area contributed by atoms with Crippen molar-refractivity contribution in [3.63, 3.8) is 0 Å². The lowest BCUT2D eigenvalue weighted by atomic mass is 10.2. The summed E-state index contributed by atoms with van der Waals surface area (Å²) in [5.74, 6) is 4.16. The second kappa shape index (κ2) is 5.52. The third-order valence-electron chi connectivity index (χ3n) is 1.33. The van der Waals surface area contributed by atoms with Crippen molar-refractivity contribution in [2.75, 3.05) is 6.61 Å². The first-order valence-corrected chi connectivity index (χ1v) is 4.41. The van der Waals surface area contributed by atoms with Crippen LogP contribution in [0.3, 0.4) is 0 Å². The van der Waals surface area contributed by atoms with Crippen molar-refractivity contribution in [2.24, 2.45) is 5.84 Å². The number of aliphatic hydroxyl groups is 1. The first-order valence-electron chi connectivity index (χ1n) is 4.41. The Labute approximate surface area is 87.9 Å². The van der Waals surface area contributed by atoms with Crippen LogP contribution in [0, 0.1) is 0 Å². The van der Waals surface area contributed by atoms with Gasteiger partial charge in [0.15, 0.2) is 0 Å². The van der Waals surface area contributed by atoms with Crippen LogP contribution >= 0.6 is 0 Å². The molecule has 0 saturated carbocycles. The zero-order valence-electron chi connectivity index (χ0n) is 9.03. The number of rotatable bonds is 3. The molecule has 0 aliphatic carbocycles. The fourth-order valence-corrected chi connectivity index (χ4v) is 0.745. The number of hydrogen-bond acceptors (Lipinski definition) is 5. The normalized spacial score (nSPS) is 12.9. The van der Waals surface area contributed by atoms with Crippen molar-refractivity contribution in [1.82, 2.24) is 10.7 Å². The zero-order valence-corrected chi connectivity index (χ0v) is 9.03. The maximum absolute atomic E-state index is 11.2. The highest BCUT2D eigenvalue weighted by molar-refractivity contribution is 5.85. The molecule has 0 fully saturated rings. The van der Waals surface area contributed by atoms with Gasteiger partial charge >= 0.3 is 6.09 Å². The van der Waals surface area contributed by atoms with Gasteiger partial charge in [-0.2, -0.15) is 0 Å². The van der Waals surface area contributed by atoms with Crippen molar-refractivity contribution in [1.29, 1.82) is 0 Å². The molecule has 0 radical (unpaired) electrons. The Morgan fingerprint density at radius 3 is 2.33 bits per heavy atom. The minimum absolute atomic E-state index is 0.553. The lowest BCUT2D eigenvalue weighted by Crippen LogP contribution is -2.51. The predicted octanol–water partition coefficient (Wildman–Crippen LogP) is -1.14. The highest BCUT2D eigenvalue weighted by atomic mass is 16.6. The van der Waals surface area contributed by atoms with Gasteiger partial charge in [0, 0.05) is 0 Å². The summed E-state index contributed by atoms with van der Waals surface area (Å²) in [7, 11) is 0. The van der Waals surface area contributed by atoms with Gasteiger partial charge in [0.2, 0.25) is 0 Å². The number of nitrogens with one attached hydrogen (secondary N) is 2. The van der Waals surface area contributed by atoms with Crippen LogP contribution in [0.25, 0.3) is 0 Å². The number of carbonyl (C=O) groups is 2. The lowest BCUT2D eigenvalue weighted by molar-refractivity contribution is -0.124. The van der Waals surface area contributed by atoms with Crippen molar-refractivity contribution < 1.29 is 19.4 Å². The molecule has 0 aromatic rings. The van der Waals surface area contributed by atoms with Crippen molar-refractivity contribution in [3.05, 3.63) is 0 Å². The predicted molar refractivity (Wildman–Crippen MR) is 52.6 cm³/mol. The quantitative estimate of drug-likeness (QED) is 0.272. The Kier molecular flexibility index (Phi) is 5.03. The molecule has 0 aliphatic rings. The van der Waals surface area contributed by atoms with E-state index in [-0.39, 0.29) is 0 Å². The summed E-state index contributed by atoms with van der Waals surface area (Å²) in [5.41, 5.74) is 1.15. The summed E-state index contributed by atoms with van der Waals surface area (Å²) in [5, 5.41) is 11.0. The number of aliphatic hydroxyl groups excluding tert-OH is 1. The Morgan fingerprint density at radius 1 is 1.47 bits per heavy atom. The summed E-state index contributed by atoms with van der Waals surface area (Å²) < 4.78 is 4.88. The molecule has 0 bridgehead atoms. The fraction of sp³-hybridized carbons (Fsp3) is 0.750. The molecule has 88 valence electrons. The van der Waals surface area contributed by atoms with Gasteiger partial charge in [0.1, 0.15) is 11.6 Å². The smallest absolute Gasteiger partial charge is 0.408 e. The number of alkyl carbamates (subject to hydrolysis) is 1. The van der Waals surface area contributed by atoms with E-state index >= 15 is 0 Å². The summed E-state index contributed by atoms with van der Waals surface area (Å²) in [6.45, 7) is 4.50. The molecule has 1 atom stereocenters. The van der Waals surface area contributed by atoms with E-state index in [1.807, 2.05) is 5.43 Å². The van der Waals surface area contributed by atoms with Crippen LogP contribution in [0.1, 0.15) is 20.8 Å². The van der Waals surface area contributed by atoms with Gasteiger partial charge in [0.25, 0.3) is 5.91 Å². The van der Waals surface area contributed by atoms with Crippen LogP contribution in [-0.2, 0) is 9.53 Å². The molecule has 7 heteroatoms. The number of amides is 2.